The van der Waals surface area contributed by atoms with Crippen LogP contribution < -0.4 is 10.1 Å². The van der Waals surface area contributed by atoms with E-state index in [-0.39, 0.29) is 24.9 Å². The maximum absolute atomic E-state index is 12.9. The second kappa shape index (κ2) is 3.76. The second-order valence-electron chi connectivity index (χ2n) is 3.39. The van der Waals surface area contributed by atoms with Crippen LogP contribution in [0.25, 0.3) is 0 Å². The van der Waals surface area contributed by atoms with E-state index in [0.717, 1.165) is 0 Å². The van der Waals surface area contributed by atoms with Crippen LogP contribution in [0.15, 0.2) is 18.2 Å². The molecule has 0 saturated carbocycles. The van der Waals surface area contributed by atoms with E-state index in [1.165, 1.54) is 18.2 Å². The van der Waals surface area contributed by atoms with Crippen molar-refractivity contribution in [2.75, 3.05) is 11.9 Å². The smallest absolute Gasteiger partial charge is 0.305 e. The number of nitrogens with one attached hydrogen (secondary N) is 1. The summed E-state index contributed by atoms with van der Waals surface area (Å²) in [6, 6.07) is 3.81. The number of hydrogen-bond acceptors (Lipinski definition) is 3. The van der Waals surface area contributed by atoms with E-state index in [9.17, 15) is 9.18 Å². The summed E-state index contributed by atoms with van der Waals surface area (Å²) in [4.78, 5) is 10.5. The fourth-order valence-corrected chi connectivity index (χ4v) is 1.51. The molecule has 15 heavy (non-hydrogen) atoms. The minimum atomic E-state index is -0.907. The van der Waals surface area contributed by atoms with E-state index in [2.05, 4.69) is 5.32 Å². The van der Waals surface area contributed by atoms with Crippen molar-refractivity contribution in [1.82, 2.24) is 0 Å². The lowest BCUT2D eigenvalue weighted by molar-refractivity contribution is -0.137. The van der Waals surface area contributed by atoms with Gasteiger partial charge in [-0.2, -0.15) is 0 Å². The van der Waals surface area contributed by atoms with E-state index in [4.69, 9.17) is 9.84 Å². The zero-order chi connectivity index (χ0) is 10.8. The Hall–Kier alpha value is -1.78. The van der Waals surface area contributed by atoms with E-state index < -0.39 is 5.97 Å². The van der Waals surface area contributed by atoms with Gasteiger partial charge in [-0.1, -0.05) is 0 Å². The third kappa shape index (κ3) is 2.18. The predicted octanol–water partition coefficient (Wildman–Crippen LogP) is 1.47. The number of hydrogen-bond donors (Lipinski definition) is 2. The van der Waals surface area contributed by atoms with Crippen LogP contribution in [0.3, 0.4) is 0 Å². The van der Waals surface area contributed by atoms with Crippen LogP contribution in [0.5, 0.6) is 5.75 Å². The number of carboxylic acids is 1. The molecule has 1 aliphatic rings. The van der Waals surface area contributed by atoms with Gasteiger partial charge in [-0.3, -0.25) is 4.79 Å². The van der Waals surface area contributed by atoms with Gasteiger partial charge in [0.1, 0.15) is 18.2 Å². The molecule has 1 aromatic rings. The largest absolute Gasteiger partial charge is 0.489 e. The third-order valence-electron chi connectivity index (χ3n) is 2.16. The molecule has 2 rings (SSSR count). The SMILES string of the molecule is O=C(O)CC1COc2ccc(F)cc2N1. The highest BCUT2D eigenvalue weighted by Gasteiger charge is 2.21. The number of carboxylic acid groups (broad SMARTS) is 1. The zero-order valence-electron chi connectivity index (χ0n) is 7.87. The number of carbonyl (C=O) groups is 1. The summed E-state index contributed by atoms with van der Waals surface area (Å²) in [5.74, 6) is -0.727. The number of halogens is 1. The highest BCUT2D eigenvalue weighted by atomic mass is 19.1. The molecule has 0 fully saturated rings. The summed E-state index contributed by atoms with van der Waals surface area (Å²) in [5, 5.41) is 11.5. The first kappa shape index (κ1) is 9.76. The molecular formula is C10H10FNO3. The summed E-state index contributed by atoms with van der Waals surface area (Å²) in [6.07, 6.45) is -0.0457. The molecule has 0 aromatic heterocycles. The summed E-state index contributed by atoms with van der Waals surface area (Å²) < 4.78 is 18.2. The van der Waals surface area contributed by atoms with Gasteiger partial charge in [-0.15, -0.1) is 0 Å². The standard InChI is InChI=1S/C10H10FNO3/c11-6-1-2-9-8(3-6)12-7(5-15-9)4-10(13)14/h1-3,7,12H,4-5H2,(H,13,14). The van der Waals surface area contributed by atoms with E-state index >= 15 is 0 Å². The average molecular weight is 211 g/mol. The van der Waals surface area contributed by atoms with Crippen LogP contribution >= 0.6 is 0 Å². The normalized spacial score (nSPS) is 18.6. The Kier molecular flexibility index (Phi) is 2.45. The van der Waals surface area contributed by atoms with Crippen molar-refractivity contribution in [3.8, 4) is 5.75 Å². The van der Waals surface area contributed by atoms with Crippen molar-refractivity contribution in [1.29, 1.82) is 0 Å². The van der Waals surface area contributed by atoms with Crippen molar-refractivity contribution >= 4 is 11.7 Å². The molecule has 0 radical (unpaired) electrons. The fraction of sp³-hybridized carbons (Fsp3) is 0.300. The van der Waals surface area contributed by atoms with Gasteiger partial charge in [-0.25, -0.2) is 4.39 Å². The predicted molar refractivity (Wildman–Crippen MR) is 51.6 cm³/mol. The average Bonchev–Trinajstić information content (AvgIpc) is 2.16. The topological polar surface area (TPSA) is 58.6 Å². The zero-order valence-corrected chi connectivity index (χ0v) is 7.87. The van der Waals surface area contributed by atoms with E-state index in [1.54, 1.807) is 0 Å². The number of benzene rings is 1. The van der Waals surface area contributed by atoms with Crippen LogP contribution in [0.2, 0.25) is 0 Å². The second-order valence-corrected chi connectivity index (χ2v) is 3.39. The van der Waals surface area contributed by atoms with Gasteiger partial charge in [0.15, 0.2) is 0 Å². The van der Waals surface area contributed by atoms with Crippen molar-refractivity contribution in [2.45, 2.75) is 12.5 Å². The summed E-state index contributed by atoms with van der Waals surface area (Å²) in [7, 11) is 0. The lowest BCUT2D eigenvalue weighted by atomic mass is 10.1. The molecule has 80 valence electrons. The fourth-order valence-electron chi connectivity index (χ4n) is 1.51. The monoisotopic (exact) mass is 211 g/mol. The minimum absolute atomic E-state index is 0.0457. The Bertz CT molecular complexity index is 394. The Morgan fingerprint density at radius 1 is 1.67 bits per heavy atom. The van der Waals surface area contributed by atoms with Gasteiger partial charge < -0.3 is 15.2 Å². The number of aliphatic carboxylic acids is 1. The molecule has 1 aromatic carbocycles. The van der Waals surface area contributed by atoms with Gasteiger partial charge in [-0.05, 0) is 12.1 Å². The van der Waals surface area contributed by atoms with Gasteiger partial charge >= 0.3 is 5.97 Å². The van der Waals surface area contributed by atoms with Crippen molar-refractivity contribution in [3.63, 3.8) is 0 Å². The number of ether oxygens (including phenoxy) is 1. The molecule has 0 saturated heterocycles. The Labute approximate surface area is 85.7 Å². The van der Waals surface area contributed by atoms with E-state index in [1.807, 2.05) is 0 Å². The molecule has 5 heteroatoms. The highest BCUT2D eigenvalue weighted by Crippen LogP contribution is 2.29. The van der Waals surface area contributed by atoms with Crippen molar-refractivity contribution in [2.24, 2.45) is 0 Å². The third-order valence-corrected chi connectivity index (χ3v) is 2.16. The lowest BCUT2D eigenvalue weighted by Gasteiger charge is -2.26. The number of rotatable bonds is 2. The molecule has 1 aliphatic heterocycles. The molecule has 0 bridgehead atoms. The van der Waals surface area contributed by atoms with Gasteiger partial charge in [0, 0.05) is 6.07 Å². The van der Waals surface area contributed by atoms with Crippen LogP contribution in [0.1, 0.15) is 6.42 Å². The van der Waals surface area contributed by atoms with Gasteiger partial charge in [0.05, 0.1) is 18.2 Å². The van der Waals surface area contributed by atoms with E-state index in [0.29, 0.717) is 11.4 Å². The van der Waals surface area contributed by atoms with Crippen LogP contribution in [-0.2, 0) is 4.79 Å². The molecule has 0 aliphatic carbocycles. The van der Waals surface area contributed by atoms with Gasteiger partial charge in [0.25, 0.3) is 0 Å². The molecular weight excluding hydrogens is 201 g/mol. The first-order chi connectivity index (χ1) is 7.15. The Morgan fingerprint density at radius 3 is 3.20 bits per heavy atom. The molecule has 2 N–H and O–H groups in total. The molecule has 4 nitrogen and oxygen atoms in total. The first-order valence-corrected chi connectivity index (χ1v) is 4.56. The molecule has 1 heterocycles. The van der Waals surface area contributed by atoms with Crippen molar-refractivity contribution < 1.29 is 19.0 Å². The Morgan fingerprint density at radius 2 is 2.47 bits per heavy atom. The highest BCUT2D eigenvalue weighted by molar-refractivity contribution is 5.69. The maximum Gasteiger partial charge on any atom is 0.305 e. The quantitative estimate of drug-likeness (QED) is 0.777. The maximum atomic E-state index is 12.9. The summed E-state index contributed by atoms with van der Waals surface area (Å²) >= 11 is 0. The van der Waals surface area contributed by atoms with Crippen LogP contribution in [0, 0.1) is 5.82 Å². The summed E-state index contributed by atoms with van der Waals surface area (Å²) in [5.41, 5.74) is 0.507. The molecule has 0 amide bonds. The number of anilines is 1. The lowest BCUT2D eigenvalue weighted by Crippen LogP contribution is -2.33. The summed E-state index contributed by atoms with van der Waals surface area (Å²) in [6.45, 7) is 0.283. The molecule has 1 unspecified atom stereocenters. The Balaban J connectivity index is 2.14. The molecule has 1 atom stereocenters. The molecule has 0 spiro atoms. The van der Waals surface area contributed by atoms with Crippen molar-refractivity contribution in [3.05, 3.63) is 24.0 Å². The van der Waals surface area contributed by atoms with Gasteiger partial charge in [0.2, 0.25) is 0 Å². The van der Waals surface area contributed by atoms with Crippen LogP contribution in [-0.4, -0.2) is 23.7 Å². The minimum Gasteiger partial charge on any atom is -0.489 e. The first-order valence-electron chi connectivity index (χ1n) is 4.56. The number of fused-ring (bicyclic) bond motifs is 1. The van der Waals surface area contributed by atoms with Crippen LogP contribution in [0.4, 0.5) is 10.1 Å².